The van der Waals surface area contributed by atoms with Crippen LogP contribution in [0.5, 0.6) is 0 Å². The van der Waals surface area contributed by atoms with Gasteiger partial charge in [-0.25, -0.2) is 0 Å². The van der Waals surface area contributed by atoms with E-state index < -0.39 is 12.0 Å². The molecule has 1 aromatic heterocycles. The van der Waals surface area contributed by atoms with Crippen molar-refractivity contribution in [2.24, 2.45) is 0 Å². The molecule has 1 amide bonds. The maximum absolute atomic E-state index is 11.9. The molecule has 0 saturated heterocycles. The Morgan fingerprint density at radius 1 is 1.55 bits per heavy atom. The highest BCUT2D eigenvalue weighted by Crippen LogP contribution is 2.33. The predicted molar refractivity (Wildman–Crippen MR) is 77.9 cm³/mol. The zero-order valence-corrected chi connectivity index (χ0v) is 12.4. The first-order valence-electron chi connectivity index (χ1n) is 6.93. The van der Waals surface area contributed by atoms with Crippen LogP contribution in [0.15, 0.2) is 11.4 Å². The average Bonchev–Trinajstić information content (AvgIpc) is 2.86. The van der Waals surface area contributed by atoms with Crippen molar-refractivity contribution in [2.75, 3.05) is 19.6 Å². The molecule has 1 unspecified atom stereocenters. The summed E-state index contributed by atoms with van der Waals surface area (Å²) in [5, 5.41) is 14.2. The number of carboxylic acid groups (broad SMARTS) is 1. The number of carboxylic acids is 1. The highest BCUT2D eigenvalue weighted by molar-refractivity contribution is 7.10. The van der Waals surface area contributed by atoms with E-state index >= 15 is 0 Å². The number of carbonyl (C=O) groups is 2. The van der Waals surface area contributed by atoms with Crippen molar-refractivity contribution in [3.05, 3.63) is 21.9 Å². The lowest BCUT2D eigenvalue weighted by Crippen LogP contribution is -2.45. The molecular weight excluding hydrogens is 276 g/mol. The van der Waals surface area contributed by atoms with Gasteiger partial charge < -0.3 is 10.4 Å². The number of rotatable bonds is 6. The Kier molecular flexibility index (Phi) is 5.14. The Bertz CT molecular complexity index is 487. The molecule has 6 heteroatoms. The molecule has 0 spiro atoms. The van der Waals surface area contributed by atoms with Gasteiger partial charge in [-0.1, -0.05) is 13.3 Å². The first-order chi connectivity index (χ1) is 9.63. The van der Waals surface area contributed by atoms with Crippen molar-refractivity contribution in [2.45, 2.75) is 32.2 Å². The lowest BCUT2D eigenvalue weighted by Gasteiger charge is -2.32. The third kappa shape index (κ3) is 3.37. The molecule has 2 heterocycles. The summed E-state index contributed by atoms with van der Waals surface area (Å²) in [6.07, 6.45) is 2.79. The Morgan fingerprint density at radius 2 is 2.35 bits per heavy atom. The van der Waals surface area contributed by atoms with Crippen LogP contribution in [0.4, 0.5) is 0 Å². The zero-order chi connectivity index (χ0) is 14.5. The lowest BCUT2D eigenvalue weighted by molar-refractivity contribution is -0.144. The largest absolute Gasteiger partial charge is 0.480 e. The van der Waals surface area contributed by atoms with E-state index in [2.05, 4.69) is 12.2 Å². The number of thiophene rings is 1. The second-order valence-corrected chi connectivity index (χ2v) is 5.96. The van der Waals surface area contributed by atoms with E-state index in [1.165, 1.54) is 0 Å². The van der Waals surface area contributed by atoms with E-state index in [1.807, 2.05) is 11.4 Å². The van der Waals surface area contributed by atoms with Crippen molar-refractivity contribution in [1.82, 2.24) is 10.2 Å². The molecule has 20 heavy (non-hydrogen) atoms. The number of hydrogen-bond acceptors (Lipinski definition) is 4. The molecule has 0 aliphatic carbocycles. The number of nitrogens with one attached hydrogen (secondary N) is 1. The summed E-state index contributed by atoms with van der Waals surface area (Å²) >= 11 is 1.59. The normalized spacial score (nSPS) is 18.6. The lowest BCUT2D eigenvalue weighted by atomic mass is 10.00. The van der Waals surface area contributed by atoms with E-state index in [9.17, 15) is 14.7 Å². The minimum atomic E-state index is -0.884. The van der Waals surface area contributed by atoms with Crippen LogP contribution in [0.2, 0.25) is 0 Å². The van der Waals surface area contributed by atoms with Gasteiger partial charge in [-0.05, 0) is 29.9 Å². The van der Waals surface area contributed by atoms with Gasteiger partial charge in [-0.15, -0.1) is 11.3 Å². The van der Waals surface area contributed by atoms with Gasteiger partial charge in [-0.2, -0.15) is 0 Å². The summed E-state index contributed by atoms with van der Waals surface area (Å²) in [4.78, 5) is 26.2. The number of carbonyl (C=O) groups excluding carboxylic acids is 1. The van der Waals surface area contributed by atoms with Crippen LogP contribution in [-0.4, -0.2) is 41.5 Å². The maximum Gasteiger partial charge on any atom is 0.325 e. The Balaban J connectivity index is 2.01. The molecule has 1 aromatic rings. The van der Waals surface area contributed by atoms with Crippen LogP contribution in [0, 0.1) is 0 Å². The van der Waals surface area contributed by atoms with Crippen molar-refractivity contribution >= 4 is 23.2 Å². The number of nitrogens with zero attached hydrogens (tertiary/aromatic N) is 1. The fourth-order valence-corrected chi connectivity index (χ4v) is 3.38. The SMILES string of the molecule is CCCCNC(=O)CN1CCc2sccc2C1C(=O)O. The van der Waals surface area contributed by atoms with Gasteiger partial charge in [0.2, 0.25) is 5.91 Å². The average molecular weight is 296 g/mol. The minimum Gasteiger partial charge on any atom is -0.480 e. The molecule has 2 rings (SSSR count). The number of unbranched alkanes of at least 4 members (excludes halogenated alkanes) is 1. The van der Waals surface area contributed by atoms with Crippen LogP contribution < -0.4 is 5.32 Å². The van der Waals surface area contributed by atoms with Crippen LogP contribution >= 0.6 is 11.3 Å². The van der Waals surface area contributed by atoms with Crippen LogP contribution in [0.1, 0.15) is 36.2 Å². The van der Waals surface area contributed by atoms with Gasteiger partial charge in [0.05, 0.1) is 6.54 Å². The fourth-order valence-electron chi connectivity index (χ4n) is 2.47. The maximum atomic E-state index is 11.9. The monoisotopic (exact) mass is 296 g/mol. The van der Waals surface area contributed by atoms with E-state index in [0.29, 0.717) is 13.1 Å². The molecule has 1 aliphatic rings. The standard InChI is InChI=1S/C14H20N2O3S/c1-2-3-6-15-12(17)9-16-7-4-11-10(5-8-20-11)13(16)14(18)19/h5,8,13H,2-4,6-7,9H2,1H3,(H,15,17)(H,18,19). The molecule has 1 atom stereocenters. The third-order valence-electron chi connectivity index (χ3n) is 3.50. The second-order valence-electron chi connectivity index (χ2n) is 4.96. The molecular formula is C14H20N2O3S. The Morgan fingerprint density at radius 3 is 3.05 bits per heavy atom. The van der Waals surface area contributed by atoms with Gasteiger partial charge in [0.1, 0.15) is 6.04 Å². The van der Waals surface area contributed by atoms with Gasteiger partial charge in [0.15, 0.2) is 0 Å². The van der Waals surface area contributed by atoms with Gasteiger partial charge in [0, 0.05) is 18.0 Å². The van der Waals surface area contributed by atoms with E-state index in [0.717, 1.165) is 29.7 Å². The summed E-state index contributed by atoms with van der Waals surface area (Å²) in [7, 11) is 0. The van der Waals surface area contributed by atoms with E-state index in [1.54, 1.807) is 16.2 Å². The quantitative estimate of drug-likeness (QED) is 0.783. The summed E-state index contributed by atoms with van der Waals surface area (Å²) in [5.74, 6) is -0.978. The van der Waals surface area contributed by atoms with E-state index in [-0.39, 0.29) is 12.5 Å². The minimum absolute atomic E-state index is 0.0941. The third-order valence-corrected chi connectivity index (χ3v) is 4.50. The van der Waals surface area contributed by atoms with Crippen molar-refractivity contribution in [1.29, 1.82) is 0 Å². The van der Waals surface area contributed by atoms with Gasteiger partial charge in [0.25, 0.3) is 0 Å². The fraction of sp³-hybridized carbons (Fsp3) is 0.571. The van der Waals surface area contributed by atoms with Crippen LogP contribution in [0.25, 0.3) is 0 Å². The highest BCUT2D eigenvalue weighted by atomic mass is 32.1. The second kappa shape index (κ2) is 6.85. The number of aliphatic carboxylic acids is 1. The molecule has 5 nitrogen and oxygen atoms in total. The van der Waals surface area contributed by atoms with Gasteiger partial charge >= 0.3 is 5.97 Å². The highest BCUT2D eigenvalue weighted by Gasteiger charge is 2.34. The predicted octanol–water partition coefficient (Wildman–Crippen LogP) is 1.65. The van der Waals surface area contributed by atoms with Crippen molar-refractivity contribution in [3.63, 3.8) is 0 Å². The molecule has 0 radical (unpaired) electrons. The van der Waals surface area contributed by atoms with Crippen molar-refractivity contribution in [3.8, 4) is 0 Å². The van der Waals surface area contributed by atoms with Crippen LogP contribution in [0.3, 0.4) is 0 Å². The first-order valence-corrected chi connectivity index (χ1v) is 7.81. The summed E-state index contributed by atoms with van der Waals surface area (Å²) in [6, 6.07) is 1.17. The first kappa shape index (κ1) is 15.0. The molecule has 2 N–H and O–H groups in total. The number of hydrogen-bond donors (Lipinski definition) is 2. The zero-order valence-electron chi connectivity index (χ0n) is 11.6. The molecule has 110 valence electrons. The summed E-state index contributed by atoms with van der Waals surface area (Å²) in [6.45, 7) is 3.49. The number of amides is 1. The number of fused-ring (bicyclic) bond motifs is 1. The molecule has 0 fully saturated rings. The molecule has 0 bridgehead atoms. The molecule has 0 saturated carbocycles. The van der Waals surface area contributed by atoms with Crippen LogP contribution in [-0.2, 0) is 16.0 Å². The summed E-state index contributed by atoms with van der Waals surface area (Å²) in [5.41, 5.74) is 0.843. The molecule has 0 aromatic carbocycles. The van der Waals surface area contributed by atoms with Gasteiger partial charge in [-0.3, -0.25) is 14.5 Å². The Labute approximate surface area is 122 Å². The Hall–Kier alpha value is -1.40. The topological polar surface area (TPSA) is 69.6 Å². The summed E-state index contributed by atoms with van der Waals surface area (Å²) < 4.78 is 0. The van der Waals surface area contributed by atoms with E-state index in [4.69, 9.17) is 0 Å². The van der Waals surface area contributed by atoms with Crippen molar-refractivity contribution < 1.29 is 14.7 Å². The molecule has 1 aliphatic heterocycles. The smallest absolute Gasteiger partial charge is 0.325 e.